The van der Waals surface area contributed by atoms with Crippen LogP contribution in [0, 0.1) is 0 Å². The van der Waals surface area contributed by atoms with Crippen LogP contribution in [0.1, 0.15) is 27.7 Å². The topological polar surface area (TPSA) is 0 Å². The Morgan fingerprint density at radius 1 is 0.750 bits per heavy atom. The summed E-state index contributed by atoms with van der Waals surface area (Å²) in [6.07, 6.45) is 0. The molecule has 0 aliphatic heterocycles. The second-order valence-electron chi connectivity index (χ2n) is 8.87. The molecule has 2 rings (SSSR count). The molecule has 2 aromatic rings. The zero-order valence-corrected chi connectivity index (χ0v) is 18.4. The lowest BCUT2D eigenvalue weighted by molar-refractivity contribution is 0.738. The molecule has 2 heteroatoms. The van der Waals surface area contributed by atoms with Gasteiger partial charge in [0.2, 0.25) is 0 Å². The van der Waals surface area contributed by atoms with Gasteiger partial charge in [0.1, 0.15) is 8.07 Å². The quantitative estimate of drug-likeness (QED) is 0.645. The van der Waals surface area contributed by atoms with Crippen molar-refractivity contribution in [2.45, 2.75) is 52.4 Å². The molecule has 0 fully saturated rings. The zero-order valence-electron chi connectivity index (χ0n) is 16.4. The van der Waals surface area contributed by atoms with E-state index in [-0.39, 0.29) is 5.04 Å². The van der Waals surface area contributed by atoms with Gasteiger partial charge in [0.05, 0.1) is 8.07 Å². The van der Waals surface area contributed by atoms with E-state index in [4.69, 9.17) is 0 Å². The van der Waals surface area contributed by atoms with Gasteiger partial charge in [-0.2, -0.15) is 0 Å². The van der Waals surface area contributed by atoms with E-state index in [2.05, 4.69) is 114 Å². The molecule has 2 aromatic carbocycles. The summed E-state index contributed by atoms with van der Waals surface area (Å²) in [6, 6.07) is 22.4. The number of hydrogen-bond donors (Lipinski definition) is 0. The largest absolute Gasteiger partial charge is 0.146 e. The number of rotatable bonds is 4. The Morgan fingerprint density at radius 2 is 1.12 bits per heavy atom. The fraction of sp³-hybridized carbons (Fsp3) is 0.364. The molecule has 0 amide bonds. The van der Waals surface area contributed by atoms with Crippen LogP contribution in [0.25, 0.3) is 0 Å². The lowest BCUT2D eigenvalue weighted by atomic mass is 10.2. The third-order valence-corrected chi connectivity index (χ3v) is 13.8. The third kappa shape index (κ3) is 3.65. The molecule has 0 heterocycles. The Balaban J connectivity index is 2.86. The van der Waals surface area contributed by atoms with Crippen LogP contribution >= 0.6 is 0 Å². The fourth-order valence-corrected chi connectivity index (χ4v) is 10.7. The number of allylic oxidation sites excluding steroid dienone is 1. The van der Waals surface area contributed by atoms with Crippen LogP contribution in [0.15, 0.2) is 71.6 Å². The molecular weight excluding hydrogens is 320 g/mol. The molecule has 0 saturated heterocycles. The van der Waals surface area contributed by atoms with Gasteiger partial charge in [-0.1, -0.05) is 112 Å². The van der Waals surface area contributed by atoms with Crippen LogP contribution in [0.3, 0.4) is 0 Å². The third-order valence-electron chi connectivity index (χ3n) is 5.26. The highest BCUT2D eigenvalue weighted by Gasteiger charge is 2.46. The van der Waals surface area contributed by atoms with Crippen molar-refractivity contribution in [2.24, 2.45) is 0 Å². The second kappa shape index (κ2) is 6.85. The molecule has 0 spiro atoms. The Morgan fingerprint density at radius 3 is 1.42 bits per heavy atom. The minimum Gasteiger partial charge on any atom is -0.0910 e. The highest BCUT2D eigenvalue weighted by atomic mass is 28.3. The highest BCUT2D eigenvalue weighted by molar-refractivity contribution is 7.08. The van der Waals surface area contributed by atoms with Gasteiger partial charge in [-0.05, 0) is 22.3 Å². The van der Waals surface area contributed by atoms with E-state index < -0.39 is 16.1 Å². The first kappa shape index (κ1) is 18.9. The standard InChI is InChI=1S/C22H32Si2/c1-19(23(5,6)7)18-24(22(2,3)4,20-14-10-8-11-15-20)21-16-12-9-13-17-21/h8-18H,1-7H3/b19-18+. The van der Waals surface area contributed by atoms with Crippen molar-refractivity contribution in [3.8, 4) is 0 Å². The van der Waals surface area contributed by atoms with Crippen molar-refractivity contribution < 1.29 is 0 Å². The summed E-state index contributed by atoms with van der Waals surface area (Å²) >= 11 is 0. The smallest absolute Gasteiger partial charge is 0.0910 e. The highest BCUT2D eigenvalue weighted by Crippen LogP contribution is 2.38. The minimum absolute atomic E-state index is 0.205. The first-order valence-electron chi connectivity index (χ1n) is 8.90. The maximum Gasteiger partial charge on any atom is 0.146 e. The molecule has 0 aliphatic carbocycles. The van der Waals surface area contributed by atoms with Crippen molar-refractivity contribution in [2.75, 3.05) is 0 Å². The molecule has 128 valence electrons. The summed E-state index contributed by atoms with van der Waals surface area (Å²) < 4.78 is 0. The van der Waals surface area contributed by atoms with Crippen LogP contribution in [0.5, 0.6) is 0 Å². The summed E-state index contributed by atoms with van der Waals surface area (Å²) in [7, 11) is -3.37. The van der Waals surface area contributed by atoms with E-state index in [1.54, 1.807) is 5.20 Å². The maximum absolute atomic E-state index is 2.71. The lowest BCUT2D eigenvalue weighted by Gasteiger charge is -2.43. The van der Waals surface area contributed by atoms with Gasteiger partial charge >= 0.3 is 0 Å². The van der Waals surface area contributed by atoms with Crippen LogP contribution in [-0.2, 0) is 0 Å². The first-order chi connectivity index (χ1) is 11.1. The Hall–Kier alpha value is -1.39. The van der Waals surface area contributed by atoms with Gasteiger partial charge in [-0.15, -0.1) is 0 Å². The summed E-state index contributed by atoms with van der Waals surface area (Å²) in [5, 5.41) is 4.86. The minimum atomic E-state index is -2.05. The van der Waals surface area contributed by atoms with Gasteiger partial charge < -0.3 is 0 Å². The van der Waals surface area contributed by atoms with E-state index in [0.717, 1.165) is 0 Å². The predicted molar refractivity (Wildman–Crippen MR) is 115 cm³/mol. The Kier molecular flexibility index (Phi) is 5.41. The van der Waals surface area contributed by atoms with Crippen molar-refractivity contribution in [1.29, 1.82) is 0 Å². The van der Waals surface area contributed by atoms with Crippen molar-refractivity contribution in [3.05, 3.63) is 71.6 Å². The van der Waals surface area contributed by atoms with E-state index in [1.807, 2.05) is 0 Å². The SMILES string of the molecule is C/C(=C\[Si](c1ccccc1)(c1ccccc1)C(C)(C)C)[Si](C)(C)C. The van der Waals surface area contributed by atoms with Crippen LogP contribution < -0.4 is 10.4 Å². The van der Waals surface area contributed by atoms with Crippen LogP contribution in [-0.4, -0.2) is 16.1 Å². The summed E-state index contributed by atoms with van der Waals surface area (Å²) in [5.41, 5.74) is 2.71. The Labute approximate surface area is 150 Å². The van der Waals surface area contributed by atoms with Gasteiger partial charge in [0.25, 0.3) is 0 Å². The van der Waals surface area contributed by atoms with Crippen LogP contribution in [0.2, 0.25) is 24.7 Å². The average Bonchev–Trinajstić information content (AvgIpc) is 2.52. The van der Waals surface area contributed by atoms with Crippen LogP contribution in [0.4, 0.5) is 0 Å². The van der Waals surface area contributed by atoms with E-state index in [9.17, 15) is 0 Å². The molecular formula is C22H32Si2. The molecule has 24 heavy (non-hydrogen) atoms. The second-order valence-corrected chi connectivity index (χ2v) is 18.7. The maximum atomic E-state index is 2.71. The van der Waals surface area contributed by atoms with E-state index in [0.29, 0.717) is 0 Å². The van der Waals surface area contributed by atoms with Gasteiger partial charge in [-0.25, -0.2) is 0 Å². The lowest BCUT2D eigenvalue weighted by Crippen LogP contribution is -2.63. The van der Waals surface area contributed by atoms with Gasteiger partial charge in [0.15, 0.2) is 0 Å². The molecule has 0 aromatic heterocycles. The zero-order chi connectivity index (χ0) is 18.0. The number of benzene rings is 2. The number of hydrogen-bond acceptors (Lipinski definition) is 0. The summed E-state index contributed by atoms with van der Waals surface area (Å²) in [5.74, 6) is 0. The average molecular weight is 353 g/mol. The van der Waals surface area contributed by atoms with E-state index in [1.165, 1.54) is 10.4 Å². The summed E-state index contributed by atoms with van der Waals surface area (Å²) in [6.45, 7) is 17.0. The Bertz CT molecular complexity index is 647. The molecule has 0 N–H and O–H groups in total. The molecule has 0 nitrogen and oxygen atoms in total. The monoisotopic (exact) mass is 352 g/mol. The van der Waals surface area contributed by atoms with Crippen molar-refractivity contribution in [1.82, 2.24) is 0 Å². The van der Waals surface area contributed by atoms with Crippen molar-refractivity contribution in [3.63, 3.8) is 0 Å². The first-order valence-corrected chi connectivity index (χ1v) is 14.5. The van der Waals surface area contributed by atoms with Crippen molar-refractivity contribution >= 4 is 26.5 Å². The molecule has 0 aliphatic rings. The van der Waals surface area contributed by atoms with E-state index >= 15 is 0 Å². The predicted octanol–water partition coefficient (Wildman–Crippen LogP) is 5.41. The van der Waals surface area contributed by atoms with Gasteiger partial charge in [-0.3, -0.25) is 0 Å². The van der Waals surface area contributed by atoms with Gasteiger partial charge in [0, 0.05) is 0 Å². The molecule has 0 radical (unpaired) electrons. The molecule has 0 saturated carbocycles. The molecule has 0 bridgehead atoms. The normalized spacial score (nSPS) is 13.9. The molecule has 0 unspecified atom stereocenters. The fourth-order valence-electron chi connectivity index (χ4n) is 3.36. The summed E-state index contributed by atoms with van der Waals surface area (Å²) in [4.78, 5) is 0. The molecule has 0 atom stereocenters.